The number of rotatable bonds is 8. The summed E-state index contributed by atoms with van der Waals surface area (Å²) in [6.07, 6.45) is 1.65. The van der Waals surface area contributed by atoms with Crippen LogP contribution in [0.15, 0.2) is 95.2 Å². The van der Waals surface area contributed by atoms with Gasteiger partial charge in [0.15, 0.2) is 5.16 Å². The molecule has 174 valence electrons. The highest BCUT2D eigenvalue weighted by Gasteiger charge is 2.10. The first kappa shape index (κ1) is 22.7. The van der Waals surface area contributed by atoms with Crippen molar-refractivity contribution in [2.75, 3.05) is 5.75 Å². The van der Waals surface area contributed by atoms with Crippen LogP contribution in [0.5, 0.6) is 5.75 Å². The first-order chi connectivity index (χ1) is 17.2. The first-order valence-electron chi connectivity index (χ1n) is 11.3. The van der Waals surface area contributed by atoms with Crippen molar-refractivity contribution >= 4 is 45.7 Å². The fourth-order valence-corrected chi connectivity index (χ4v) is 4.47. The van der Waals surface area contributed by atoms with E-state index in [1.54, 1.807) is 6.21 Å². The molecule has 0 saturated carbocycles. The van der Waals surface area contributed by atoms with Crippen molar-refractivity contribution in [3.8, 4) is 5.75 Å². The summed E-state index contributed by atoms with van der Waals surface area (Å²) < 4.78 is 6.18. The first-order valence-corrected chi connectivity index (χ1v) is 12.2. The molecule has 5 aromatic rings. The van der Waals surface area contributed by atoms with Gasteiger partial charge in [-0.1, -0.05) is 78.5 Å². The molecular weight excluding hydrogens is 456 g/mol. The number of thioether (sulfide) groups is 1. The van der Waals surface area contributed by atoms with Crippen LogP contribution in [0.25, 0.3) is 21.8 Å². The van der Waals surface area contributed by atoms with Gasteiger partial charge in [0.25, 0.3) is 5.91 Å². The van der Waals surface area contributed by atoms with E-state index in [0.717, 1.165) is 32.9 Å². The Labute approximate surface area is 207 Å². The molecule has 2 N–H and O–H groups in total. The Kier molecular flexibility index (Phi) is 6.77. The van der Waals surface area contributed by atoms with Crippen LogP contribution in [0.4, 0.5) is 0 Å². The summed E-state index contributed by atoms with van der Waals surface area (Å²) in [6.45, 7) is 2.52. The topological polar surface area (TPSA) is 79.4 Å². The van der Waals surface area contributed by atoms with Crippen LogP contribution in [-0.2, 0) is 11.4 Å². The number of nitrogens with zero attached hydrogens (tertiary/aromatic N) is 2. The largest absolute Gasteiger partial charge is 0.488 e. The number of hydrogen-bond donors (Lipinski definition) is 2. The number of H-pyrrole nitrogens is 1. The van der Waals surface area contributed by atoms with E-state index in [-0.39, 0.29) is 11.7 Å². The number of aryl methyl sites for hydroxylation is 1. The molecule has 35 heavy (non-hydrogen) atoms. The van der Waals surface area contributed by atoms with Gasteiger partial charge in [0, 0.05) is 5.56 Å². The summed E-state index contributed by atoms with van der Waals surface area (Å²) in [5.41, 5.74) is 7.57. The minimum Gasteiger partial charge on any atom is -0.488 e. The molecule has 5 rings (SSSR count). The minimum absolute atomic E-state index is 0.198. The second kappa shape index (κ2) is 10.4. The van der Waals surface area contributed by atoms with Crippen molar-refractivity contribution in [3.63, 3.8) is 0 Å². The highest BCUT2D eigenvalue weighted by Crippen LogP contribution is 2.28. The second-order valence-electron chi connectivity index (χ2n) is 8.05. The maximum atomic E-state index is 12.4. The summed E-state index contributed by atoms with van der Waals surface area (Å²) in [5, 5.41) is 7.01. The zero-order valence-electron chi connectivity index (χ0n) is 19.2. The molecule has 0 unspecified atom stereocenters. The van der Waals surface area contributed by atoms with Crippen molar-refractivity contribution < 1.29 is 9.53 Å². The molecule has 6 nitrogen and oxygen atoms in total. The summed E-state index contributed by atoms with van der Waals surface area (Å²) in [6, 6.07) is 27.9. The zero-order chi connectivity index (χ0) is 24.0. The number of aromatic nitrogens is 2. The van der Waals surface area contributed by atoms with Crippen LogP contribution in [0.3, 0.4) is 0 Å². The van der Waals surface area contributed by atoms with Crippen molar-refractivity contribution in [3.05, 3.63) is 102 Å². The maximum absolute atomic E-state index is 12.4. The normalized spacial score (nSPS) is 11.3. The number of imidazole rings is 1. The van der Waals surface area contributed by atoms with E-state index in [0.29, 0.717) is 17.5 Å². The Morgan fingerprint density at radius 3 is 2.71 bits per heavy atom. The lowest BCUT2D eigenvalue weighted by Gasteiger charge is -2.13. The number of benzene rings is 4. The van der Waals surface area contributed by atoms with E-state index in [9.17, 15) is 4.79 Å². The Balaban J connectivity index is 1.28. The third-order valence-electron chi connectivity index (χ3n) is 5.67. The molecule has 0 saturated heterocycles. The molecule has 0 aliphatic rings. The van der Waals surface area contributed by atoms with Crippen LogP contribution in [0.1, 0.15) is 16.7 Å². The van der Waals surface area contributed by atoms with Crippen LogP contribution in [0.2, 0.25) is 0 Å². The van der Waals surface area contributed by atoms with Gasteiger partial charge in [-0.15, -0.1) is 0 Å². The van der Waals surface area contributed by atoms with Gasteiger partial charge in [0.05, 0.1) is 23.0 Å². The summed E-state index contributed by atoms with van der Waals surface area (Å²) in [4.78, 5) is 20.1. The van der Waals surface area contributed by atoms with Crippen molar-refractivity contribution in [2.45, 2.75) is 18.7 Å². The molecule has 1 heterocycles. The van der Waals surface area contributed by atoms with Crippen molar-refractivity contribution in [1.82, 2.24) is 15.4 Å². The highest BCUT2D eigenvalue weighted by molar-refractivity contribution is 7.99. The summed E-state index contributed by atoms with van der Waals surface area (Å²) >= 11 is 1.34. The predicted molar refractivity (Wildman–Crippen MR) is 142 cm³/mol. The molecule has 7 heteroatoms. The van der Waals surface area contributed by atoms with Crippen LogP contribution in [-0.4, -0.2) is 27.8 Å². The van der Waals surface area contributed by atoms with Gasteiger partial charge in [0.2, 0.25) is 0 Å². The number of hydrogen-bond acceptors (Lipinski definition) is 5. The molecule has 0 atom stereocenters. The lowest BCUT2D eigenvalue weighted by atomic mass is 10.0. The lowest BCUT2D eigenvalue weighted by molar-refractivity contribution is -0.118. The molecule has 1 amide bonds. The second-order valence-corrected chi connectivity index (χ2v) is 9.02. The average molecular weight is 481 g/mol. The van der Waals surface area contributed by atoms with Crippen LogP contribution < -0.4 is 10.2 Å². The monoisotopic (exact) mass is 480 g/mol. The fourth-order valence-electron chi connectivity index (χ4n) is 3.79. The number of ether oxygens (including phenoxy) is 1. The van der Waals surface area contributed by atoms with Crippen molar-refractivity contribution in [1.29, 1.82) is 0 Å². The quantitative estimate of drug-likeness (QED) is 0.166. The third-order valence-corrected chi connectivity index (χ3v) is 6.54. The zero-order valence-corrected chi connectivity index (χ0v) is 20.0. The highest BCUT2D eigenvalue weighted by atomic mass is 32.2. The SMILES string of the molecule is Cc1ccccc1COc1ccc2ccccc2c1/C=N/NC(=O)CSc1nc2ccccc2[nH]1. The predicted octanol–water partition coefficient (Wildman–Crippen LogP) is 5.85. The summed E-state index contributed by atoms with van der Waals surface area (Å²) in [5.74, 6) is 0.694. The smallest absolute Gasteiger partial charge is 0.250 e. The van der Waals surface area contributed by atoms with Gasteiger partial charge in [-0.25, -0.2) is 10.4 Å². The van der Waals surface area contributed by atoms with Gasteiger partial charge in [-0.05, 0) is 47.0 Å². The Bertz CT molecular complexity index is 1490. The van der Waals surface area contributed by atoms with Crippen molar-refractivity contribution in [2.24, 2.45) is 5.10 Å². The molecule has 0 bridgehead atoms. The molecule has 0 radical (unpaired) electrons. The molecule has 1 aromatic heterocycles. The number of nitrogens with one attached hydrogen (secondary N) is 2. The number of aromatic amines is 1. The molecule has 0 aliphatic carbocycles. The molecule has 0 spiro atoms. The van der Waals surface area contributed by atoms with E-state index in [2.05, 4.69) is 39.6 Å². The lowest BCUT2D eigenvalue weighted by Crippen LogP contribution is -2.19. The Morgan fingerprint density at radius 2 is 1.83 bits per heavy atom. The fraction of sp³-hybridized carbons (Fsp3) is 0.107. The minimum atomic E-state index is -0.214. The molecule has 0 aliphatic heterocycles. The van der Waals surface area contributed by atoms with Crippen LogP contribution in [0, 0.1) is 6.92 Å². The van der Waals surface area contributed by atoms with Crippen LogP contribution >= 0.6 is 11.8 Å². The van der Waals surface area contributed by atoms with E-state index in [4.69, 9.17) is 4.74 Å². The van der Waals surface area contributed by atoms with Gasteiger partial charge in [-0.3, -0.25) is 4.79 Å². The number of carbonyl (C=O) groups excluding carboxylic acids is 1. The number of hydrazone groups is 1. The average Bonchev–Trinajstić information content (AvgIpc) is 3.31. The maximum Gasteiger partial charge on any atom is 0.250 e. The van der Waals surface area contributed by atoms with Gasteiger partial charge in [-0.2, -0.15) is 5.10 Å². The molecule has 0 fully saturated rings. The van der Waals surface area contributed by atoms with E-state index < -0.39 is 0 Å². The van der Waals surface area contributed by atoms with E-state index in [1.807, 2.05) is 72.8 Å². The molecular formula is C28H24N4O2S. The Morgan fingerprint density at radius 1 is 1.03 bits per heavy atom. The van der Waals surface area contributed by atoms with Gasteiger partial charge >= 0.3 is 0 Å². The number of fused-ring (bicyclic) bond motifs is 2. The van der Waals surface area contributed by atoms with E-state index >= 15 is 0 Å². The van der Waals surface area contributed by atoms with E-state index in [1.165, 1.54) is 17.3 Å². The number of amides is 1. The molecule has 4 aromatic carbocycles. The Hall–Kier alpha value is -4.10. The third kappa shape index (κ3) is 5.36. The number of carbonyl (C=O) groups is 1. The standard InChI is InChI=1S/C28H24N4O2S/c1-19-8-2-3-10-21(19)17-34-26-15-14-20-9-4-5-11-22(20)23(26)16-29-32-27(33)18-35-28-30-24-12-6-7-13-25(24)31-28/h2-16H,17-18H2,1H3,(H,30,31)(H,32,33)/b29-16+. The summed E-state index contributed by atoms with van der Waals surface area (Å²) in [7, 11) is 0. The van der Waals surface area contributed by atoms with Gasteiger partial charge < -0.3 is 9.72 Å². The van der Waals surface area contributed by atoms with Gasteiger partial charge in [0.1, 0.15) is 12.4 Å². The number of para-hydroxylation sites is 2.